The fourth-order valence-electron chi connectivity index (χ4n) is 3.70. The molecule has 0 spiro atoms. The molecule has 11 heteroatoms. The lowest BCUT2D eigenvalue weighted by molar-refractivity contribution is 0.0729. The summed E-state index contributed by atoms with van der Waals surface area (Å²) in [5.41, 5.74) is 1.88. The molecule has 1 aromatic heterocycles. The minimum absolute atomic E-state index is 0.0374. The van der Waals surface area contributed by atoms with Gasteiger partial charge in [-0.3, -0.25) is 9.78 Å². The summed E-state index contributed by atoms with van der Waals surface area (Å²) in [6.45, 7) is 1.95. The number of hydrogen-bond donors (Lipinski definition) is 2. The normalized spacial score (nSPS) is 14.6. The molecule has 180 valence electrons. The number of aromatic nitrogens is 1. The van der Waals surface area contributed by atoms with E-state index in [9.17, 15) is 13.2 Å². The lowest BCUT2D eigenvalue weighted by Crippen LogP contribution is -2.40. The number of hydrogen-bond acceptors (Lipinski definition) is 7. The Bertz CT molecular complexity index is 1300. The fourth-order valence-corrected chi connectivity index (χ4v) is 5.45. The van der Waals surface area contributed by atoms with Crippen LogP contribution in [0.3, 0.4) is 0 Å². The molecule has 0 atom stereocenters. The first-order valence-corrected chi connectivity index (χ1v) is 12.5. The number of carbonyl (C=O) groups is 1. The molecule has 0 radical (unpaired) electrons. The molecule has 34 heavy (non-hydrogen) atoms. The van der Waals surface area contributed by atoms with Crippen LogP contribution in [0.4, 0.5) is 5.69 Å². The van der Waals surface area contributed by atoms with Crippen molar-refractivity contribution in [2.45, 2.75) is 4.90 Å². The number of amides is 1. The molecular formula is C23H25ClN4O5S. The number of anilines is 1. The Kier molecular flexibility index (Phi) is 7.52. The van der Waals surface area contributed by atoms with Crippen molar-refractivity contribution in [2.24, 2.45) is 0 Å². The fraction of sp³-hybridized carbons (Fsp3) is 0.304. The number of halogens is 1. The lowest BCUT2D eigenvalue weighted by Gasteiger charge is -2.26. The van der Waals surface area contributed by atoms with Gasteiger partial charge >= 0.3 is 0 Å². The zero-order valence-electron chi connectivity index (χ0n) is 18.6. The second-order valence-corrected chi connectivity index (χ2v) is 9.93. The van der Waals surface area contributed by atoms with Crippen molar-refractivity contribution in [1.82, 2.24) is 14.6 Å². The summed E-state index contributed by atoms with van der Waals surface area (Å²) in [6.07, 6.45) is 1.69. The smallest absolute Gasteiger partial charge is 0.251 e. The van der Waals surface area contributed by atoms with Crippen LogP contribution in [0, 0.1) is 0 Å². The number of benzene rings is 2. The number of ether oxygens (including phenoxy) is 2. The Labute approximate surface area is 203 Å². The van der Waals surface area contributed by atoms with Gasteiger partial charge in [-0.15, -0.1) is 0 Å². The molecule has 1 saturated heterocycles. The average Bonchev–Trinajstić information content (AvgIpc) is 2.86. The van der Waals surface area contributed by atoms with E-state index in [0.29, 0.717) is 31.3 Å². The van der Waals surface area contributed by atoms with Gasteiger partial charge in [0.15, 0.2) is 0 Å². The van der Waals surface area contributed by atoms with Crippen molar-refractivity contribution >= 4 is 44.1 Å². The average molecular weight is 505 g/mol. The second-order valence-electron chi connectivity index (χ2n) is 7.58. The Balaban J connectivity index is 1.42. The number of fused-ring (bicyclic) bond motifs is 1. The van der Waals surface area contributed by atoms with Crippen LogP contribution in [0.2, 0.25) is 5.02 Å². The number of nitrogens with zero attached hydrogens (tertiary/aromatic N) is 2. The standard InChI is InChI=1S/C23H25ClN4O5S/c1-32-21-5-2-16(14-22(21)34(30,31)28-10-12-33-13-11-28)23(29)27-9-8-26-19-6-7-25-20-15-17(24)3-4-18(19)20/h2-7,14-15H,8-13H2,1H3,(H,25,26)(H,27,29). The summed E-state index contributed by atoms with van der Waals surface area (Å²) >= 11 is 6.03. The van der Waals surface area contributed by atoms with Crippen LogP contribution >= 0.6 is 11.6 Å². The molecule has 1 aliphatic heterocycles. The monoisotopic (exact) mass is 504 g/mol. The van der Waals surface area contributed by atoms with E-state index in [1.807, 2.05) is 12.1 Å². The van der Waals surface area contributed by atoms with Crippen molar-refractivity contribution < 1.29 is 22.7 Å². The summed E-state index contributed by atoms with van der Waals surface area (Å²) < 4.78 is 38.1. The maximum atomic E-state index is 13.1. The van der Waals surface area contributed by atoms with Gasteiger partial charge in [0.25, 0.3) is 5.91 Å². The molecule has 9 nitrogen and oxygen atoms in total. The van der Waals surface area contributed by atoms with E-state index in [0.717, 1.165) is 16.6 Å². The van der Waals surface area contributed by atoms with Crippen molar-refractivity contribution in [1.29, 1.82) is 0 Å². The van der Waals surface area contributed by atoms with E-state index in [-0.39, 0.29) is 35.2 Å². The Morgan fingerprint density at radius 1 is 1.15 bits per heavy atom. The number of rotatable bonds is 8. The Hall–Kier alpha value is -2.92. The van der Waals surface area contributed by atoms with Crippen molar-refractivity contribution in [3.63, 3.8) is 0 Å². The topological polar surface area (TPSA) is 110 Å². The van der Waals surface area contributed by atoms with Crippen LogP contribution in [-0.4, -0.2) is 70.1 Å². The minimum Gasteiger partial charge on any atom is -0.495 e. The van der Waals surface area contributed by atoms with Gasteiger partial charge in [-0.05, 0) is 42.5 Å². The zero-order chi connectivity index (χ0) is 24.1. The van der Waals surface area contributed by atoms with E-state index in [1.54, 1.807) is 24.4 Å². The first kappa shape index (κ1) is 24.2. The molecule has 0 bridgehead atoms. The predicted octanol–water partition coefficient (Wildman–Crippen LogP) is 2.76. The molecule has 3 aromatic rings. The third-order valence-corrected chi connectivity index (χ3v) is 7.60. The zero-order valence-corrected chi connectivity index (χ0v) is 20.2. The number of carbonyl (C=O) groups excluding carboxylic acids is 1. The van der Waals surface area contributed by atoms with Gasteiger partial charge in [-0.2, -0.15) is 4.31 Å². The van der Waals surface area contributed by atoms with Crippen LogP contribution in [0.5, 0.6) is 5.75 Å². The SMILES string of the molecule is COc1ccc(C(=O)NCCNc2ccnc3cc(Cl)ccc23)cc1S(=O)(=O)N1CCOCC1. The van der Waals surface area contributed by atoms with Crippen molar-refractivity contribution in [2.75, 3.05) is 51.8 Å². The molecular weight excluding hydrogens is 480 g/mol. The summed E-state index contributed by atoms with van der Waals surface area (Å²) in [6, 6.07) is 11.7. The van der Waals surface area contributed by atoms with E-state index < -0.39 is 10.0 Å². The van der Waals surface area contributed by atoms with Crippen LogP contribution < -0.4 is 15.4 Å². The number of methoxy groups -OCH3 is 1. The van der Waals surface area contributed by atoms with Crippen molar-refractivity contribution in [3.8, 4) is 5.75 Å². The van der Waals surface area contributed by atoms with E-state index >= 15 is 0 Å². The number of nitrogens with one attached hydrogen (secondary N) is 2. The molecule has 2 N–H and O–H groups in total. The van der Waals surface area contributed by atoms with Gasteiger partial charge in [0.1, 0.15) is 10.6 Å². The van der Waals surface area contributed by atoms with E-state index in [1.165, 1.54) is 23.5 Å². The van der Waals surface area contributed by atoms with Crippen LogP contribution in [0.25, 0.3) is 10.9 Å². The highest BCUT2D eigenvalue weighted by Crippen LogP contribution is 2.28. The predicted molar refractivity (Wildman–Crippen MR) is 130 cm³/mol. The maximum Gasteiger partial charge on any atom is 0.251 e. The van der Waals surface area contributed by atoms with Crippen molar-refractivity contribution in [3.05, 3.63) is 59.2 Å². The highest BCUT2D eigenvalue weighted by atomic mass is 35.5. The molecule has 4 rings (SSSR count). The third-order valence-electron chi connectivity index (χ3n) is 5.44. The Morgan fingerprint density at radius 2 is 1.94 bits per heavy atom. The third kappa shape index (κ3) is 5.25. The molecule has 2 aromatic carbocycles. The van der Waals surface area contributed by atoms with Gasteiger partial charge < -0.3 is 20.1 Å². The summed E-state index contributed by atoms with van der Waals surface area (Å²) in [5.74, 6) is -0.191. The highest BCUT2D eigenvalue weighted by Gasteiger charge is 2.30. The highest BCUT2D eigenvalue weighted by molar-refractivity contribution is 7.89. The molecule has 1 amide bonds. The van der Waals surface area contributed by atoms with Gasteiger partial charge in [-0.25, -0.2) is 8.42 Å². The molecule has 1 aliphatic rings. The number of pyridine rings is 1. The Morgan fingerprint density at radius 3 is 2.71 bits per heavy atom. The largest absolute Gasteiger partial charge is 0.495 e. The number of sulfonamides is 1. The van der Waals surface area contributed by atoms with Gasteiger partial charge in [-0.1, -0.05) is 11.6 Å². The van der Waals surface area contributed by atoms with E-state index in [2.05, 4.69) is 15.6 Å². The summed E-state index contributed by atoms with van der Waals surface area (Å²) in [7, 11) is -2.43. The molecule has 1 fully saturated rings. The quantitative estimate of drug-likeness (QED) is 0.454. The second kappa shape index (κ2) is 10.6. The maximum absolute atomic E-state index is 13.1. The number of morpholine rings is 1. The van der Waals surface area contributed by atoms with Crippen LogP contribution in [0.1, 0.15) is 10.4 Å². The minimum atomic E-state index is -3.83. The van der Waals surface area contributed by atoms with Crippen LogP contribution in [-0.2, 0) is 14.8 Å². The molecule has 0 unspecified atom stereocenters. The summed E-state index contributed by atoms with van der Waals surface area (Å²) in [4.78, 5) is 17.0. The summed E-state index contributed by atoms with van der Waals surface area (Å²) in [5, 5.41) is 7.63. The molecule has 0 aliphatic carbocycles. The molecule has 0 saturated carbocycles. The first-order valence-electron chi connectivity index (χ1n) is 10.7. The van der Waals surface area contributed by atoms with Gasteiger partial charge in [0.2, 0.25) is 10.0 Å². The van der Waals surface area contributed by atoms with Gasteiger partial charge in [0, 0.05) is 54.0 Å². The van der Waals surface area contributed by atoms with Crippen LogP contribution in [0.15, 0.2) is 53.6 Å². The first-order chi connectivity index (χ1) is 16.4. The lowest BCUT2D eigenvalue weighted by atomic mass is 10.2. The van der Waals surface area contributed by atoms with Gasteiger partial charge in [0.05, 0.1) is 25.8 Å². The molecule has 2 heterocycles. The van der Waals surface area contributed by atoms with E-state index in [4.69, 9.17) is 21.1 Å².